The monoisotopic (exact) mass is 544 g/mol. The molecule has 0 bridgehead atoms. The zero-order valence-electron chi connectivity index (χ0n) is 20.7. The number of nitrogens with zero attached hydrogens (tertiary/aromatic N) is 3. The lowest BCUT2D eigenvalue weighted by Crippen LogP contribution is -2.27. The summed E-state index contributed by atoms with van der Waals surface area (Å²) >= 11 is 1.31. The number of amides is 1. The molecule has 3 N–H and O–H groups in total. The van der Waals surface area contributed by atoms with Crippen molar-refractivity contribution in [3.63, 3.8) is 0 Å². The van der Waals surface area contributed by atoms with Gasteiger partial charge < -0.3 is 10.8 Å². The van der Waals surface area contributed by atoms with Crippen LogP contribution in [0.4, 0.5) is 8.78 Å². The lowest BCUT2D eigenvalue weighted by atomic mass is 9.96. The highest BCUT2D eigenvalue weighted by Gasteiger charge is 2.21. The van der Waals surface area contributed by atoms with Crippen LogP contribution in [0.25, 0.3) is 22.0 Å². The maximum atomic E-state index is 15.2. The molecule has 7 nitrogen and oxygen atoms in total. The number of aryl methyl sites for hydroxylation is 1. The minimum Gasteiger partial charge on any atom is -0.493 e. The van der Waals surface area contributed by atoms with Crippen molar-refractivity contribution in [3.8, 4) is 27.8 Å². The van der Waals surface area contributed by atoms with Crippen molar-refractivity contribution in [1.29, 1.82) is 0 Å². The third kappa shape index (κ3) is 5.32. The van der Waals surface area contributed by atoms with Crippen LogP contribution in [0.2, 0.25) is 0 Å². The summed E-state index contributed by atoms with van der Waals surface area (Å²) in [5, 5.41) is 13.1. The predicted molar refractivity (Wildman–Crippen MR) is 145 cm³/mol. The number of aromatic hydroxyl groups is 1. The number of thiazole rings is 1. The summed E-state index contributed by atoms with van der Waals surface area (Å²) in [5.74, 6) is -2.49. The van der Waals surface area contributed by atoms with Crippen molar-refractivity contribution in [3.05, 3.63) is 122 Å². The molecule has 0 aliphatic heterocycles. The molecule has 0 spiro atoms. The number of nitrogens with two attached hydrogens (primary N) is 1. The van der Waals surface area contributed by atoms with E-state index in [0.717, 1.165) is 23.4 Å². The molecule has 0 saturated carbocycles. The Bertz CT molecular complexity index is 1770. The lowest BCUT2D eigenvalue weighted by Gasteiger charge is -2.14. The van der Waals surface area contributed by atoms with Gasteiger partial charge in [0, 0.05) is 28.6 Å². The first-order valence-corrected chi connectivity index (χ1v) is 12.8. The van der Waals surface area contributed by atoms with Gasteiger partial charge in [-0.2, -0.15) is 4.98 Å². The third-order valence-corrected chi connectivity index (χ3v) is 7.14. The summed E-state index contributed by atoms with van der Waals surface area (Å²) in [6.07, 6.45) is -0.104. The number of halogens is 2. The second-order valence-corrected chi connectivity index (χ2v) is 9.81. The Balaban J connectivity index is 1.56. The van der Waals surface area contributed by atoms with Crippen LogP contribution >= 0.6 is 11.3 Å². The second kappa shape index (κ2) is 10.6. The summed E-state index contributed by atoms with van der Waals surface area (Å²) in [6.45, 7) is 2.02. The fraction of sp³-hybridized carbons (Fsp3) is 0.103. The zero-order chi connectivity index (χ0) is 27.7. The smallest absolute Gasteiger partial charge is 0.261 e. The number of hydrogen-bond donors (Lipinski definition) is 2. The molecule has 10 heteroatoms. The van der Waals surface area contributed by atoms with Crippen LogP contribution in [-0.4, -0.2) is 25.5 Å². The molecule has 5 aromatic rings. The summed E-state index contributed by atoms with van der Waals surface area (Å²) in [4.78, 5) is 34.2. The molecule has 5 rings (SSSR count). The van der Waals surface area contributed by atoms with Gasteiger partial charge in [-0.1, -0.05) is 48.5 Å². The summed E-state index contributed by atoms with van der Waals surface area (Å²) in [7, 11) is 0. The van der Waals surface area contributed by atoms with Gasteiger partial charge in [0.1, 0.15) is 11.6 Å². The Hall–Kier alpha value is -4.70. The van der Waals surface area contributed by atoms with E-state index in [2.05, 4.69) is 9.97 Å². The maximum absolute atomic E-state index is 15.2. The number of benzene rings is 3. The van der Waals surface area contributed by atoms with Gasteiger partial charge in [0.05, 0.1) is 12.1 Å². The van der Waals surface area contributed by atoms with Crippen molar-refractivity contribution in [2.75, 3.05) is 0 Å². The molecule has 0 aliphatic rings. The van der Waals surface area contributed by atoms with Crippen molar-refractivity contribution in [2.45, 2.75) is 19.9 Å². The molecule has 2 heterocycles. The number of carbonyl (C=O) groups excluding carboxylic acids is 1. The van der Waals surface area contributed by atoms with Gasteiger partial charge in [-0.15, -0.1) is 11.3 Å². The highest BCUT2D eigenvalue weighted by molar-refractivity contribution is 7.13. The molecule has 39 heavy (non-hydrogen) atoms. The molecule has 0 unspecified atom stereocenters. The Labute approximate surface area is 225 Å². The van der Waals surface area contributed by atoms with Crippen LogP contribution in [0.3, 0.4) is 0 Å². The van der Waals surface area contributed by atoms with Gasteiger partial charge in [0.25, 0.3) is 5.56 Å². The second-order valence-electron chi connectivity index (χ2n) is 8.95. The van der Waals surface area contributed by atoms with E-state index in [-0.39, 0.29) is 41.0 Å². The largest absolute Gasteiger partial charge is 0.493 e. The van der Waals surface area contributed by atoms with Crippen LogP contribution in [0, 0.1) is 18.6 Å². The van der Waals surface area contributed by atoms with Crippen molar-refractivity contribution < 1.29 is 18.7 Å². The lowest BCUT2D eigenvalue weighted by molar-refractivity contribution is 0.100. The molecule has 0 saturated heterocycles. The van der Waals surface area contributed by atoms with E-state index in [0.29, 0.717) is 10.6 Å². The molecular weight excluding hydrogens is 522 g/mol. The van der Waals surface area contributed by atoms with E-state index in [9.17, 15) is 19.1 Å². The number of primary amides is 1. The Morgan fingerprint density at radius 2 is 1.74 bits per heavy atom. The van der Waals surface area contributed by atoms with Gasteiger partial charge >= 0.3 is 0 Å². The van der Waals surface area contributed by atoms with E-state index < -0.39 is 29.0 Å². The third-order valence-electron chi connectivity index (χ3n) is 6.19. The average Bonchev–Trinajstić information content (AvgIpc) is 3.35. The standard InChI is InChI=1S/C29H22F2N4O3S/c1-16-15-39-28(33-16)26-34-27(37)23(29(38)35(26)14-17-5-3-2-4-6-17)11-18-7-9-21(24(31)12-18)20-10-8-19(30)13-22(20)25(32)36/h2-10,12-13,15,37H,11,14H2,1H3,(H2,32,36). The minimum atomic E-state index is -0.890. The number of hydrogen-bond acceptors (Lipinski definition) is 6. The zero-order valence-corrected chi connectivity index (χ0v) is 21.5. The fourth-order valence-electron chi connectivity index (χ4n) is 4.32. The first-order chi connectivity index (χ1) is 18.7. The Morgan fingerprint density at radius 1 is 1.00 bits per heavy atom. The van der Waals surface area contributed by atoms with Crippen molar-refractivity contribution in [2.24, 2.45) is 5.73 Å². The van der Waals surface area contributed by atoms with Gasteiger partial charge in [0.15, 0.2) is 10.8 Å². The average molecular weight is 545 g/mol. The van der Waals surface area contributed by atoms with Crippen molar-refractivity contribution >= 4 is 17.2 Å². The summed E-state index contributed by atoms with van der Waals surface area (Å²) < 4.78 is 30.3. The fourth-order valence-corrected chi connectivity index (χ4v) is 5.11. The van der Waals surface area contributed by atoms with Crippen LogP contribution in [0.1, 0.15) is 32.7 Å². The van der Waals surface area contributed by atoms with Gasteiger partial charge in [-0.3, -0.25) is 14.2 Å². The van der Waals surface area contributed by atoms with E-state index in [1.165, 1.54) is 34.1 Å². The summed E-state index contributed by atoms with van der Waals surface area (Å²) in [5.41, 5.74) is 6.91. The van der Waals surface area contributed by atoms with Gasteiger partial charge in [-0.25, -0.2) is 13.8 Å². The number of rotatable bonds is 7. The topological polar surface area (TPSA) is 111 Å². The molecule has 0 atom stereocenters. The quantitative estimate of drug-likeness (QED) is 0.297. The molecule has 196 valence electrons. The van der Waals surface area contributed by atoms with Crippen molar-refractivity contribution in [1.82, 2.24) is 14.5 Å². The summed E-state index contributed by atoms with van der Waals surface area (Å²) in [6, 6.07) is 16.9. The first-order valence-electron chi connectivity index (χ1n) is 11.9. The number of aromatic nitrogens is 3. The number of carbonyl (C=O) groups is 1. The predicted octanol–water partition coefficient (Wildman–Crippen LogP) is 5.06. The molecule has 3 aromatic carbocycles. The molecule has 1 amide bonds. The van der Waals surface area contributed by atoms with E-state index in [4.69, 9.17) is 5.73 Å². The molecule has 0 fully saturated rings. The van der Waals surface area contributed by atoms with Crippen LogP contribution in [0.15, 0.2) is 76.9 Å². The molecule has 0 aliphatic carbocycles. The Kier molecular flexibility index (Phi) is 7.03. The molecular formula is C29H22F2N4O3S. The van der Waals surface area contributed by atoms with Crippen LogP contribution in [0.5, 0.6) is 5.88 Å². The van der Waals surface area contributed by atoms with E-state index in [1.54, 1.807) is 6.07 Å². The molecule has 2 aromatic heterocycles. The SMILES string of the molecule is Cc1csc(-c2nc(O)c(Cc3ccc(-c4ccc(F)cc4C(N)=O)c(F)c3)c(=O)n2Cc2ccccc2)n1. The highest BCUT2D eigenvalue weighted by Crippen LogP contribution is 2.30. The van der Waals surface area contributed by atoms with E-state index >= 15 is 4.39 Å². The minimum absolute atomic E-state index is 0.00489. The Morgan fingerprint density at radius 3 is 2.41 bits per heavy atom. The van der Waals surface area contributed by atoms with Gasteiger partial charge in [0.2, 0.25) is 11.8 Å². The van der Waals surface area contributed by atoms with Crippen LogP contribution < -0.4 is 11.3 Å². The maximum Gasteiger partial charge on any atom is 0.261 e. The van der Waals surface area contributed by atoms with Crippen LogP contribution in [-0.2, 0) is 13.0 Å². The first kappa shape index (κ1) is 25.9. The van der Waals surface area contributed by atoms with E-state index in [1.807, 2.05) is 42.6 Å². The highest BCUT2D eigenvalue weighted by atomic mass is 32.1. The molecule has 0 radical (unpaired) electrons. The van der Waals surface area contributed by atoms with Gasteiger partial charge in [-0.05, 0) is 41.8 Å². The normalized spacial score (nSPS) is 11.1.